The van der Waals surface area contributed by atoms with E-state index in [-0.39, 0.29) is 13.0 Å². The number of unbranched alkanes of at least 4 members (excludes halogenated alkanes) is 1. The number of aliphatic hydroxyl groups is 5. The Bertz CT molecular complexity index is 1460. The molecular weight excluding hydrogens is 808 g/mol. The van der Waals surface area contributed by atoms with Gasteiger partial charge in [-0.1, -0.05) is 0 Å². The van der Waals surface area contributed by atoms with Crippen molar-refractivity contribution in [3.8, 4) is 0 Å². The van der Waals surface area contributed by atoms with Gasteiger partial charge in [-0.3, -0.25) is 33.6 Å². The molecule has 344 valence electrons. The van der Waals surface area contributed by atoms with Gasteiger partial charge in [-0.15, -0.1) is 0 Å². The summed E-state index contributed by atoms with van der Waals surface area (Å²) in [5, 5.41) is 75.5. The molecule has 0 aromatic heterocycles. The fourth-order valence-corrected chi connectivity index (χ4v) is 6.20. The second-order valence-electron chi connectivity index (χ2n) is 14.3. The molecule has 2 fully saturated rings. The van der Waals surface area contributed by atoms with Crippen molar-refractivity contribution in [2.45, 2.75) is 145 Å². The number of carboxylic acid groups (broad SMARTS) is 1. The highest BCUT2D eigenvalue weighted by atomic mass is 16.7. The standard InChI is InChI=1S/C34H60N8O18/c1-13(28(49)42-19(12-56-36)31(52)41-18(8-6-7-9-35)30(51)38-14(2)32(53)54)37-29(50)15(3)57-27-23(40-17(5)46)33(55)58-21(11-44)26(27)60-34-22(39-16(4)45)25(48)24(47)20(10-43)59-34/h13-15,18-27,33-34,43-44,47-48,55H,6-12,35-36H2,1-5H3,(H,37,50)(H,38,51)(H,39,45)(H,40,46)(H,41,52)(H,42,49)(H,53,54)/t13-,14+,15+,18-,19+,20+,21+,22+,23+,24+,25+,26+,27+,33+,34-/m0/s1. The van der Waals surface area contributed by atoms with Crippen molar-refractivity contribution < 1.29 is 88.0 Å². The maximum atomic E-state index is 13.5. The minimum atomic E-state index is -1.87. The summed E-state index contributed by atoms with van der Waals surface area (Å²) >= 11 is 0. The second kappa shape index (κ2) is 24.9. The number of nitrogens with one attached hydrogen (secondary N) is 6. The number of carbonyl (C=O) groups excluding carboxylic acids is 6. The lowest BCUT2D eigenvalue weighted by atomic mass is 9.94. The van der Waals surface area contributed by atoms with Gasteiger partial charge in [0.2, 0.25) is 35.4 Å². The molecule has 16 N–H and O–H groups in total. The van der Waals surface area contributed by atoms with Crippen LogP contribution in [0.4, 0.5) is 0 Å². The number of carbonyl (C=O) groups is 7. The van der Waals surface area contributed by atoms with Crippen LogP contribution in [0.1, 0.15) is 53.9 Å². The molecule has 0 saturated carbocycles. The number of ether oxygens (including phenoxy) is 4. The van der Waals surface area contributed by atoms with Gasteiger partial charge in [0.05, 0.1) is 19.8 Å². The SMILES string of the molecule is CC(=O)N[C@@H]1[C@@H](O[C@H](C)C(=O)N[C@@H](C)C(=O)N[C@H](CON)C(=O)N[C@@H](CCCCN)C(=O)N[C@H](C)C(=O)O)[C@H](O[C@@H]2O[C@H](CO)[C@@H](O)[C@H](O)[C@H]2NC(C)=O)[C@@H](CO)O[C@H]1O. The van der Waals surface area contributed by atoms with E-state index in [4.69, 9.17) is 30.6 Å². The van der Waals surface area contributed by atoms with Crippen LogP contribution in [0.15, 0.2) is 0 Å². The highest BCUT2D eigenvalue weighted by Crippen LogP contribution is 2.31. The van der Waals surface area contributed by atoms with Crippen LogP contribution in [0.3, 0.4) is 0 Å². The zero-order valence-electron chi connectivity index (χ0n) is 33.8. The Labute approximate surface area is 344 Å². The van der Waals surface area contributed by atoms with Gasteiger partial charge in [-0.25, -0.2) is 5.90 Å². The summed E-state index contributed by atoms with van der Waals surface area (Å²) in [6, 6.07) is -8.46. The smallest absolute Gasteiger partial charge is 0.325 e. The Morgan fingerprint density at radius 2 is 1.27 bits per heavy atom. The Morgan fingerprint density at radius 1 is 0.700 bits per heavy atom. The van der Waals surface area contributed by atoms with Crippen molar-refractivity contribution in [3.05, 3.63) is 0 Å². The van der Waals surface area contributed by atoms with Crippen LogP contribution in [0.25, 0.3) is 0 Å². The lowest BCUT2D eigenvalue weighted by Crippen LogP contribution is -2.70. The molecule has 0 aromatic carbocycles. The number of nitrogens with two attached hydrogens (primary N) is 2. The summed E-state index contributed by atoms with van der Waals surface area (Å²) in [6.07, 6.45) is -13.7. The van der Waals surface area contributed by atoms with Crippen LogP contribution in [0.2, 0.25) is 0 Å². The predicted octanol–water partition coefficient (Wildman–Crippen LogP) is -7.61. The summed E-state index contributed by atoms with van der Waals surface area (Å²) in [7, 11) is 0. The number of carboxylic acids is 1. The van der Waals surface area contributed by atoms with Crippen LogP contribution >= 0.6 is 0 Å². The zero-order chi connectivity index (χ0) is 45.4. The Kier molecular flexibility index (Phi) is 21.6. The summed E-state index contributed by atoms with van der Waals surface area (Å²) in [5.41, 5.74) is 5.53. The lowest BCUT2D eigenvalue weighted by Gasteiger charge is -2.48. The van der Waals surface area contributed by atoms with E-state index in [9.17, 15) is 64.2 Å². The first-order valence-electron chi connectivity index (χ1n) is 19.1. The molecule has 2 saturated heterocycles. The normalized spacial score (nSPS) is 29.1. The topological polar surface area (TPSA) is 411 Å². The van der Waals surface area contributed by atoms with Crippen LogP contribution in [-0.2, 0) is 57.3 Å². The van der Waals surface area contributed by atoms with Crippen molar-refractivity contribution in [1.29, 1.82) is 0 Å². The van der Waals surface area contributed by atoms with Gasteiger partial charge in [0.25, 0.3) is 0 Å². The Morgan fingerprint density at radius 3 is 1.82 bits per heavy atom. The molecule has 0 radical (unpaired) electrons. The van der Waals surface area contributed by atoms with E-state index in [1.54, 1.807) is 0 Å². The molecule has 0 bridgehead atoms. The molecule has 6 amide bonds. The first-order chi connectivity index (χ1) is 28.2. The number of hydrogen-bond acceptors (Lipinski definition) is 19. The quantitative estimate of drug-likeness (QED) is 0.0335. The van der Waals surface area contributed by atoms with Gasteiger partial charge in [-0.2, -0.15) is 0 Å². The molecule has 2 aliphatic heterocycles. The minimum absolute atomic E-state index is 0.0608. The zero-order valence-corrected chi connectivity index (χ0v) is 33.8. The van der Waals surface area contributed by atoms with Gasteiger partial charge in [0.15, 0.2) is 12.6 Å². The number of hydrogen-bond donors (Lipinski definition) is 14. The monoisotopic (exact) mass is 868 g/mol. The molecule has 15 atom stereocenters. The lowest BCUT2D eigenvalue weighted by molar-refractivity contribution is -0.333. The van der Waals surface area contributed by atoms with Crippen LogP contribution in [0, 0.1) is 0 Å². The molecule has 2 heterocycles. The van der Waals surface area contributed by atoms with E-state index >= 15 is 0 Å². The van der Waals surface area contributed by atoms with Crippen molar-refractivity contribution in [2.75, 3.05) is 26.4 Å². The van der Waals surface area contributed by atoms with Crippen LogP contribution in [-0.4, -0.2) is 190 Å². The molecular formula is C34H60N8O18. The minimum Gasteiger partial charge on any atom is -0.480 e. The highest BCUT2D eigenvalue weighted by molar-refractivity contribution is 5.95. The van der Waals surface area contributed by atoms with Crippen molar-refractivity contribution in [3.63, 3.8) is 0 Å². The largest absolute Gasteiger partial charge is 0.480 e. The second-order valence-corrected chi connectivity index (χ2v) is 14.3. The third kappa shape index (κ3) is 15.1. The first-order valence-corrected chi connectivity index (χ1v) is 19.1. The van der Waals surface area contributed by atoms with Gasteiger partial charge in [0.1, 0.15) is 79.0 Å². The maximum absolute atomic E-state index is 13.5. The van der Waals surface area contributed by atoms with Gasteiger partial charge in [0, 0.05) is 13.8 Å². The summed E-state index contributed by atoms with van der Waals surface area (Å²) in [6.45, 7) is 3.88. The average molecular weight is 869 g/mol. The average Bonchev–Trinajstić information content (AvgIpc) is 3.18. The number of amides is 6. The molecule has 2 aliphatic rings. The van der Waals surface area contributed by atoms with Crippen LogP contribution < -0.4 is 43.5 Å². The molecule has 60 heavy (non-hydrogen) atoms. The van der Waals surface area contributed by atoms with Gasteiger partial charge in [-0.05, 0) is 46.6 Å². The number of aliphatic hydroxyl groups excluding tert-OH is 5. The number of rotatable bonds is 23. The van der Waals surface area contributed by atoms with Crippen molar-refractivity contribution in [2.24, 2.45) is 11.6 Å². The summed E-state index contributed by atoms with van der Waals surface area (Å²) in [5.74, 6) is -1.20. The Hall–Kier alpha value is -4.19. The predicted molar refractivity (Wildman–Crippen MR) is 200 cm³/mol. The highest BCUT2D eigenvalue weighted by Gasteiger charge is 2.53. The third-order valence-corrected chi connectivity index (χ3v) is 9.45. The summed E-state index contributed by atoms with van der Waals surface area (Å²) < 4.78 is 23.2. The van der Waals surface area contributed by atoms with E-state index in [2.05, 4.69) is 36.7 Å². The van der Waals surface area contributed by atoms with Crippen LogP contribution in [0.5, 0.6) is 0 Å². The molecule has 26 heteroatoms. The van der Waals surface area contributed by atoms with Gasteiger partial charge >= 0.3 is 5.97 Å². The number of aliphatic carboxylic acids is 1. The van der Waals surface area contributed by atoms with E-state index in [0.717, 1.165) is 13.8 Å². The van der Waals surface area contributed by atoms with E-state index in [0.29, 0.717) is 12.8 Å². The third-order valence-electron chi connectivity index (χ3n) is 9.45. The van der Waals surface area contributed by atoms with E-state index < -0.39 is 153 Å². The molecule has 0 aliphatic carbocycles. The first kappa shape index (κ1) is 51.9. The fourth-order valence-electron chi connectivity index (χ4n) is 6.20. The summed E-state index contributed by atoms with van der Waals surface area (Å²) in [4.78, 5) is 93.0. The molecule has 0 spiro atoms. The molecule has 0 unspecified atom stereocenters. The molecule has 2 rings (SSSR count). The Balaban J connectivity index is 2.29. The molecule has 26 nitrogen and oxygen atoms in total. The molecule has 0 aromatic rings. The maximum Gasteiger partial charge on any atom is 0.325 e. The van der Waals surface area contributed by atoms with Gasteiger partial charge < -0.3 is 92.1 Å². The van der Waals surface area contributed by atoms with Crippen molar-refractivity contribution in [1.82, 2.24) is 31.9 Å². The van der Waals surface area contributed by atoms with E-state index in [1.165, 1.54) is 20.8 Å². The van der Waals surface area contributed by atoms with Crippen molar-refractivity contribution >= 4 is 41.4 Å². The van der Waals surface area contributed by atoms with E-state index in [1.807, 2.05) is 0 Å². The fraction of sp³-hybridized carbons (Fsp3) is 0.794.